The maximum absolute atomic E-state index is 12.5. The number of likely N-dealkylation sites (tertiary alicyclic amines) is 1. The van der Waals surface area contributed by atoms with Crippen LogP contribution in [-0.4, -0.2) is 56.2 Å². The molecule has 1 saturated heterocycles. The van der Waals surface area contributed by atoms with Crippen LogP contribution in [0.25, 0.3) is 0 Å². The number of benzene rings is 2. The zero-order chi connectivity index (χ0) is 21.9. The highest BCUT2D eigenvalue weighted by atomic mass is 16.5. The molecule has 166 valence electrons. The van der Waals surface area contributed by atoms with Crippen LogP contribution in [0.4, 0.5) is 11.4 Å². The second kappa shape index (κ2) is 12.0. The molecule has 31 heavy (non-hydrogen) atoms. The normalized spacial score (nSPS) is 13.5. The molecule has 1 fully saturated rings. The third kappa shape index (κ3) is 7.29. The number of anilines is 2. The minimum absolute atomic E-state index is 0.0598. The fourth-order valence-corrected chi connectivity index (χ4v) is 3.40. The molecule has 2 aromatic carbocycles. The summed E-state index contributed by atoms with van der Waals surface area (Å²) < 4.78 is 10.8. The first-order chi connectivity index (χ1) is 15.2. The first kappa shape index (κ1) is 22.6. The van der Waals surface area contributed by atoms with E-state index in [9.17, 15) is 9.59 Å². The number of piperidine rings is 1. The van der Waals surface area contributed by atoms with Gasteiger partial charge in [0, 0.05) is 36.6 Å². The number of carbonyl (C=O) groups excluding carboxylic acids is 2. The molecule has 1 aliphatic rings. The summed E-state index contributed by atoms with van der Waals surface area (Å²) in [7, 11) is 0. The minimum atomic E-state index is -0.160. The van der Waals surface area contributed by atoms with Gasteiger partial charge in [-0.1, -0.05) is 0 Å². The Morgan fingerprint density at radius 2 is 1.58 bits per heavy atom. The van der Waals surface area contributed by atoms with Gasteiger partial charge in [-0.3, -0.25) is 9.59 Å². The van der Waals surface area contributed by atoms with Gasteiger partial charge in [-0.25, -0.2) is 0 Å². The van der Waals surface area contributed by atoms with Gasteiger partial charge < -0.3 is 25.0 Å². The smallest absolute Gasteiger partial charge is 0.253 e. The Hall–Kier alpha value is -3.06. The molecule has 0 unspecified atom stereocenters. The van der Waals surface area contributed by atoms with Crippen molar-refractivity contribution in [1.82, 2.24) is 4.90 Å². The van der Waals surface area contributed by atoms with Crippen molar-refractivity contribution in [1.29, 1.82) is 0 Å². The number of hydrogen-bond donors (Lipinski definition) is 2. The zero-order valence-electron chi connectivity index (χ0n) is 18.1. The van der Waals surface area contributed by atoms with E-state index in [0.717, 1.165) is 37.4 Å². The van der Waals surface area contributed by atoms with Gasteiger partial charge >= 0.3 is 0 Å². The van der Waals surface area contributed by atoms with Gasteiger partial charge in [0.2, 0.25) is 5.91 Å². The molecule has 0 aliphatic carbocycles. The molecule has 3 rings (SSSR count). The van der Waals surface area contributed by atoms with E-state index in [1.807, 2.05) is 36.1 Å². The highest BCUT2D eigenvalue weighted by Gasteiger charge is 2.17. The predicted molar refractivity (Wildman–Crippen MR) is 122 cm³/mol. The second-order valence-electron chi connectivity index (χ2n) is 7.40. The van der Waals surface area contributed by atoms with Crippen molar-refractivity contribution in [3.8, 4) is 5.75 Å². The molecule has 7 nitrogen and oxygen atoms in total. The Balaban J connectivity index is 1.41. The van der Waals surface area contributed by atoms with Crippen LogP contribution in [-0.2, 0) is 9.53 Å². The number of nitrogens with zero attached hydrogens (tertiary/aromatic N) is 1. The monoisotopic (exact) mass is 425 g/mol. The molecule has 1 aliphatic heterocycles. The van der Waals surface area contributed by atoms with Gasteiger partial charge in [0.05, 0.1) is 13.2 Å². The van der Waals surface area contributed by atoms with Crippen molar-refractivity contribution in [3.63, 3.8) is 0 Å². The van der Waals surface area contributed by atoms with Crippen LogP contribution < -0.4 is 15.4 Å². The van der Waals surface area contributed by atoms with Crippen molar-refractivity contribution in [3.05, 3.63) is 54.1 Å². The molecular formula is C24H31N3O4. The van der Waals surface area contributed by atoms with Gasteiger partial charge in [-0.15, -0.1) is 0 Å². The summed E-state index contributed by atoms with van der Waals surface area (Å²) in [5.74, 6) is 0.658. The van der Waals surface area contributed by atoms with E-state index in [4.69, 9.17) is 9.47 Å². The van der Waals surface area contributed by atoms with Crippen molar-refractivity contribution in [2.75, 3.05) is 50.1 Å². The van der Waals surface area contributed by atoms with Gasteiger partial charge in [0.25, 0.3) is 5.91 Å². The number of rotatable bonds is 10. The van der Waals surface area contributed by atoms with Crippen LogP contribution >= 0.6 is 0 Å². The lowest BCUT2D eigenvalue weighted by atomic mass is 10.1. The highest BCUT2D eigenvalue weighted by molar-refractivity contribution is 5.96. The largest absolute Gasteiger partial charge is 0.491 e. The molecule has 2 amide bonds. The Bertz CT molecular complexity index is 831. The summed E-state index contributed by atoms with van der Waals surface area (Å²) in [5.41, 5.74) is 2.15. The van der Waals surface area contributed by atoms with Crippen LogP contribution in [0.1, 0.15) is 36.5 Å². The lowest BCUT2D eigenvalue weighted by Crippen LogP contribution is -2.35. The highest BCUT2D eigenvalue weighted by Crippen LogP contribution is 2.17. The van der Waals surface area contributed by atoms with Crippen molar-refractivity contribution >= 4 is 23.2 Å². The van der Waals surface area contributed by atoms with Gasteiger partial charge in [0.1, 0.15) is 12.4 Å². The predicted octanol–water partition coefficient (Wildman–Crippen LogP) is 3.78. The maximum Gasteiger partial charge on any atom is 0.253 e. The second-order valence-corrected chi connectivity index (χ2v) is 7.40. The zero-order valence-corrected chi connectivity index (χ0v) is 18.1. The van der Waals surface area contributed by atoms with Gasteiger partial charge in [-0.05, 0) is 74.7 Å². The van der Waals surface area contributed by atoms with Gasteiger partial charge in [0.15, 0.2) is 0 Å². The maximum atomic E-state index is 12.5. The Morgan fingerprint density at radius 1 is 0.903 bits per heavy atom. The summed E-state index contributed by atoms with van der Waals surface area (Å²) >= 11 is 0. The summed E-state index contributed by atoms with van der Waals surface area (Å²) in [6.07, 6.45) is 3.32. The summed E-state index contributed by atoms with van der Waals surface area (Å²) in [5, 5.41) is 5.93. The van der Waals surface area contributed by atoms with Crippen molar-refractivity contribution in [2.24, 2.45) is 0 Å². The van der Waals surface area contributed by atoms with E-state index in [2.05, 4.69) is 10.6 Å². The number of nitrogens with one attached hydrogen (secondary N) is 2. The quantitative estimate of drug-likeness (QED) is 0.567. The molecule has 7 heteroatoms. The SMILES string of the molecule is CCOCCOc1ccc(NCC(=O)Nc2ccc(C(=O)N3CCCCC3)cc2)cc1. The first-order valence-electron chi connectivity index (χ1n) is 10.9. The minimum Gasteiger partial charge on any atom is -0.491 e. The Kier molecular flexibility index (Phi) is 8.72. The summed E-state index contributed by atoms with van der Waals surface area (Å²) in [6, 6.07) is 14.5. The number of hydrogen-bond acceptors (Lipinski definition) is 5. The molecule has 0 aromatic heterocycles. The van der Waals surface area contributed by atoms with Gasteiger partial charge in [-0.2, -0.15) is 0 Å². The topological polar surface area (TPSA) is 79.9 Å². The van der Waals surface area contributed by atoms with Crippen LogP contribution in [0.2, 0.25) is 0 Å². The third-order valence-electron chi connectivity index (χ3n) is 5.07. The fraction of sp³-hybridized carbons (Fsp3) is 0.417. The molecule has 1 heterocycles. The average Bonchev–Trinajstić information content (AvgIpc) is 2.82. The van der Waals surface area contributed by atoms with Crippen LogP contribution in [0.15, 0.2) is 48.5 Å². The molecule has 0 bridgehead atoms. The average molecular weight is 426 g/mol. The van der Waals surface area contributed by atoms with E-state index in [0.29, 0.717) is 31.1 Å². The summed E-state index contributed by atoms with van der Waals surface area (Å²) in [4.78, 5) is 26.7. The van der Waals surface area contributed by atoms with E-state index >= 15 is 0 Å². The van der Waals surface area contributed by atoms with E-state index in [-0.39, 0.29) is 18.4 Å². The molecule has 0 atom stereocenters. The van der Waals surface area contributed by atoms with Crippen LogP contribution in [0.3, 0.4) is 0 Å². The van der Waals surface area contributed by atoms with Crippen LogP contribution in [0, 0.1) is 0 Å². The molecule has 2 aromatic rings. The van der Waals surface area contributed by atoms with E-state index in [1.54, 1.807) is 24.3 Å². The molecule has 0 radical (unpaired) electrons. The number of ether oxygens (including phenoxy) is 2. The third-order valence-corrected chi connectivity index (χ3v) is 5.07. The fourth-order valence-electron chi connectivity index (χ4n) is 3.40. The Labute approximate surface area is 183 Å². The summed E-state index contributed by atoms with van der Waals surface area (Å²) in [6.45, 7) is 5.47. The Morgan fingerprint density at radius 3 is 2.26 bits per heavy atom. The molecule has 2 N–H and O–H groups in total. The molecular weight excluding hydrogens is 394 g/mol. The van der Waals surface area contributed by atoms with Crippen molar-refractivity contribution in [2.45, 2.75) is 26.2 Å². The van der Waals surface area contributed by atoms with Crippen LogP contribution in [0.5, 0.6) is 5.75 Å². The first-order valence-corrected chi connectivity index (χ1v) is 10.9. The van der Waals surface area contributed by atoms with Crippen molar-refractivity contribution < 1.29 is 19.1 Å². The molecule has 0 spiro atoms. The standard InChI is InChI=1S/C24H31N3O4/c1-2-30-16-17-31-22-12-10-20(11-13-22)25-18-23(28)26-21-8-6-19(7-9-21)24(29)27-14-4-3-5-15-27/h6-13,25H,2-5,14-18H2,1H3,(H,26,28). The molecule has 0 saturated carbocycles. The van der Waals surface area contributed by atoms with E-state index < -0.39 is 0 Å². The lowest BCUT2D eigenvalue weighted by molar-refractivity contribution is -0.114. The number of amides is 2. The number of carbonyl (C=O) groups is 2. The lowest BCUT2D eigenvalue weighted by Gasteiger charge is -2.26. The van der Waals surface area contributed by atoms with E-state index in [1.165, 1.54) is 6.42 Å².